The second-order valence-corrected chi connectivity index (χ2v) is 5.96. The Kier molecular flexibility index (Phi) is 6.29. The first-order valence-corrected chi connectivity index (χ1v) is 8.93. The van der Waals surface area contributed by atoms with Crippen molar-refractivity contribution in [1.82, 2.24) is 0 Å². The molecule has 3 aromatic rings. The highest BCUT2D eigenvalue weighted by Gasteiger charge is 2.11. The Balaban J connectivity index is 1.80. The topological polar surface area (TPSA) is 21.6 Å². The van der Waals surface area contributed by atoms with E-state index >= 15 is 0 Å². The van der Waals surface area contributed by atoms with Crippen LogP contribution in [0.4, 0.5) is 14.5 Å². The molecule has 0 atom stereocenters. The summed E-state index contributed by atoms with van der Waals surface area (Å²) in [6.07, 6.45) is 0. The Morgan fingerprint density at radius 1 is 0.857 bits per heavy atom. The van der Waals surface area contributed by atoms with E-state index in [1.807, 2.05) is 36.4 Å². The summed E-state index contributed by atoms with van der Waals surface area (Å²) in [4.78, 5) is 3.41. The van der Waals surface area contributed by atoms with Gasteiger partial charge in [0.05, 0.1) is 11.8 Å². The fraction of sp³-hybridized carbons (Fsp3) is 0.0870. The molecule has 0 N–H and O–H groups in total. The highest BCUT2D eigenvalue weighted by atomic mass is 32.1. The van der Waals surface area contributed by atoms with Crippen molar-refractivity contribution in [3.63, 3.8) is 0 Å². The first kappa shape index (κ1) is 19.4. The minimum absolute atomic E-state index is 0.407. The van der Waals surface area contributed by atoms with E-state index in [4.69, 9.17) is 4.74 Å². The Morgan fingerprint density at radius 2 is 1.39 bits per heavy atom. The number of halogens is 2. The van der Waals surface area contributed by atoms with Crippen molar-refractivity contribution >= 4 is 23.1 Å². The van der Waals surface area contributed by atoms with E-state index in [1.165, 1.54) is 12.1 Å². The standard InChI is InChI=1S/C23H15F2NOS/c1-2-27-20-11-7-17(8-12-20)4-3-16-5-9-18(10-6-16)19-13-21(24)23(26-15-28)22(25)14-19/h5-14H,2H2,1H3. The van der Waals surface area contributed by atoms with E-state index in [0.717, 1.165) is 16.9 Å². The molecule has 0 aromatic heterocycles. The molecule has 0 saturated carbocycles. The van der Waals surface area contributed by atoms with Crippen molar-refractivity contribution < 1.29 is 13.5 Å². The average molecular weight is 391 g/mol. The largest absolute Gasteiger partial charge is 0.494 e. The highest BCUT2D eigenvalue weighted by Crippen LogP contribution is 2.29. The normalized spacial score (nSPS) is 9.82. The first-order valence-electron chi connectivity index (χ1n) is 8.53. The minimum atomic E-state index is -0.785. The van der Waals surface area contributed by atoms with Gasteiger partial charge in [0.2, 0.25) is 0 Å². The van der Waals surface area contributed by atoms with E-state index in [9.17, 15) is 8.78 Å². The van der Waals surface area contributed by atoms with Crippen molar-refractivity contribution in [2.75, 3.05) is 6.61 Å². The van der Waals surface area contributed by atoms with Crippen molar-refractivity contribution in [2.24, 2.45) is 4.99 Å². The molecule has 0 fully saturated rings. The van der Waals surface area contributed by atoms with Crippen LogP contribution in [0.5, 0.6) is 5.75 Å². The summed E-state index contributed by atoms with van der Waals surface area (Å²) in [6, 6.07) is 17.1. The van der Waals surface area contributed by atoms with Gasteiger partial charge in [-0.05, 0) is 78.8 Å². The molecule has 0 saturated heterocycles. The maximum absolute atomic E-state index is 14.0. The fourth-order valence-corrected chi connectivity index (χ4v) is 2.67. The summed E-state index contributed by atoms with van der Waals surface area (Å²) in [6.45, 7) is 2.55. The van der Waals surface area contributed by atoms with E-state index in [-0.39, 0.29) is 0 Å². The van der Waals surface area contributed by atoms with Gasteiger partial charge in [-0.25, -0.2) is 8.78 Å². The van der Waals surface area contributed by atoms with Gasteiger partial charge in [-0.1, -0.05) is 24.0 Å². The van der Waals surface area contributed by atoms with Gasteiger partial charge in [-0.15, -0.1) is 0 Å². The molecule has 3 rings (SSSR count). The molecule has 138 valence electrons. The maximum atomic E-state index is 14.0. The molecular formula is C23H15F2NOS. The van der Waals surface area contributed by atoms with E-state index in [1.54, 1.807) is 24.3 Å². The second kappa shape index (κ2) is 9.05. The molecule has 0 aliphatic heterocycles. The van der Waals surface area contributed by atoms with Gasteiger partial charge >= 0.3 is 0 Å². The summed E-state index contributed by atoms with van der Waals surface area (Å²) in [5.41, 5.74) is 2.30. The van der Waals surface area contributed by atoms with Gasteiger partial charge in [0.25, 0.3) is 0 Å². The third-order valence-corrected chi connectivity index (χ3v) is 4.00. The molecule has 0 aliphatic rings. The van der Waals surface area contributed by atoms with E-state index < -0.39 is 17.3 Å². The number of isothiocyanates is 1. The smallest absolute Gasteiger partial charge is 0.153 e. The summed E-state index contributed by atoms with van der Waals surface area (Å²) in [5.74, 6) is 5.37. The predicted octanol–water partition coefficient (Wildman–Crippen LogP) is 6.16. The molecule has 5 heteroatoms. The quantitative estimate of drug-likeness (QED) is 0.302. The van der Waals surface area contributed by atoms with Crippen LogP contribution in [0.15, 0.2) is 65.7 Å². The average Bonchev–Trinajstić information content (AvgIpc) is 2.71. The summed E-state index contributed by atoms with van der Waals surface area (Å²) >= 11 is 4.40. The zero-order chi connectivity index (χ0) is 19.9. The summed E-state index contributed by atoms with van der Waals surface area (Å²) in [7, 11) is 0. The van der Waals surface area contributed by atoms with Gasteiger partial charge in [0, 0.05) is 11.1 Å². The monoisotopic (exact) mass is 391 g/mol. The van der Waals surface area contributed by atoms with Crippen LogP contribution in [0.2, 0.25) is 0 Å². The lowest BCUT2D eigenvalue weighted by atomic mass is 10.0. The zero-order valence-corrected chi connectivity index (χ0v) is 15.8. The SMILES string of the molecule is CCOc1ccc(C#Cc2ccc(-c3cc(F)c(N=C=S)c(F)c3)cc2)cc1. The van der Waals surface area contributed by atoms with Crippen LogP contribution >= 0.6 is 12.2 Å². The highest BCUT2D eigenvalue weighted by molar-refractivity contribution is 7.78. The summed E-state index contributed by atoms with van der Waals surface area (Å²) < 4.78 is 33.4. The van der Waals surface area contributed by atoms with E-state index in [0.29, 0.717) is 17.7 Å². The van der Waals surface area contributed by atoms with Gasteiger partial charge in [0.1, 0.15) is 11.4 Å². The molecule has 0 unspecified atom stereocenters. The lowest BCUT2D eigenvalue weighted by Gasteiger charge is -2.05. The zero-order valence-electron chi connectivity index (χ0n) is 15.0. The molecule has 0 amide bonds. The maximum Gasteiger partial charge on any atom is 0.153 e. The van der Waals surface area contributed by atoms with Gasteiger partial charge in [0.15, 0.2) is 11.6 Å². The summed E-state index contributed by atoms with van der Waals surface area (Å²) in [5, 5.41) is 1.98. The lowest BCUT2D eigenvalue weighted by molar-refractivity contribution is 0.340. The van der Waals surface area contributed by atoms with E-state index in [2.05, 4.69) is 29.1 Å². The van der Waals surface area contributed by atoms with Gasteiger partial charge < -0.3 is 4.74 Å². The molecule has 0 aliphatic carbocycles. The number of hydrogen-bond donors (Lipinski definition) is 0. The van der Waals surface area contributed by atoms with Crippen LogP contribution in [0, 0.1) is 23.5 Å². The Hall–Kier alpha value is -3.32. The molecule has 0 bridgehead atoms. The van der Waals surface area contributed by atoms with Crippen LogP contribution in [-0.2, 0) is 0 Å². The third kappa shape index (κ3) is 4.69. The Bertz CT molecular complexity index is 1070. The van der Waals surface area contributed by atoms with Crippen molar-refractivity contribution in [2.45, 2.75) is 6.92 Å². The van der Waals surface area contributed by atoms with Crippen LogP contribution < -0.4 is 4.74 Å². The molecule has 0 radical (unpaired) electrons. The van der Waals surface area contributed by atoms with Crippen molar-refractivity contribution in [3.05, 3.63) is 83.4 Å². The fourth-order valence-electron chi connectivity index (χ4n) is 2.58. The number of ether oxygens (including phenoxy) is 1. The number of hydrogen-bond acceptors (Lipinski definition) is 3. The molecule has 2 nitrogen and oxygen atoms in total. The lowest BCUT2D eigenvalue weighted by Crippen LogP contribution is -1.90. The number of nitrogens with zero attached hydrogens (tertiary/aromatic N) is 1. The van der Waals surface area contributed by atoms with Crippen molar-refractivity contribution in [1.29, 1.82) is 0 Å². The number of rotatable bonds is 4. The van der Waals surface area contributed by atoms with Crippen LogP contribution in [0.1, 0.15) is 18.1 Å². The minimum Gasteiger partial charge on any atom is -0.494 e. The van der Waals surface area contributed by atoms with Crippen LogP contribution in [0.25, 0.3) is 11.1 Å². The number of aliphatic imine (C=N–C) groups is 1. The molecule has 0 spiro atoms. The third-order valence-electron chi connectivity index (χ3n) is 3.91. The molecule has 0 heterocycles. The van der Waals surface area contributed by atoms with Crippen LogP contribution in [0.3, 0.4) is 0 Å². The first-order chi connectivity index (χ1) is 13.6. The second-order valence-electron chi connectivity index (χ2n) is 5.78. The molecular weight excluding hydrogens is 376 g/mol. The number of benzene rings is 3. The number of thiocarbonyl (C=S) groups is 1. The Labute approximate surface area is 167 Å². The van der Waals surface area contributed by atoms with Crippen LogP contribution in [-0.4, -0.2) is 11.8 Å². The van der Waals surface area contributed by atoms with Gasteiger partial charge in [-0.2, -0.15) is 4.99 Å². The molecule has 3 aromatic carbocycles. The molecule has 28 heavy (non-hydrogen) atoms. The Morgan fingerprint density at radius 3 is 1.89 bits per heavy atom. The van der Waals surface area contributed by atoms with Crippen molar-refractivity contribution in [3.8, 4) is 28.7 Å². The predicted molar refractivity (Wildman–Crippen MR) is 110 cm³/mol. The van der Waals surface area contributed by atoms with Gasteiger partial charge in [-0.3, -0.25) is 0 Å².